The molecule has 1 saturated carbocycles. The zero-order valence-electron chi connectivity index (χ0n) is 22.8. The molecule has 0 N–H and O–H groups in total. The highest BCUT2D eigenvalue weighted by molar-refractivity contribution is 5.91. The van der Waals surface area contributed by atoms with Crippen LogP contribution in [-0.2, 0) is 23.8 Å². The van der Waals surface area contributed by atoms with Crippen molar-refractivity contribution >= 4 is 29.5 Å². The smallest absolute Gasteiger partial charge is 0.411 e. The van der Waals surface area contributed by atoms with Gasteiger partial charge in [-0.15, -0.1) is 6.58 Å². The lowest BCUT2D eigenvalue weighted by Crippen LogP contribution is -2.43. The zero-order valence-corrected chi connectivity index (χ0v) is 22.8. The van der Waals surface area contributed by atoms with Crippen molar-refractivity contribution in [3.05, 3.63) is 52.6 Å². The molecule has 0 bridgehead atoms. The van der Waals surface area contributed by atoms with Crippen molar-refractivity contribution in [3.63, 3.8) is 0 Å². The number of likely N-dealkylation sites (tertiary alicyclic amines) is 1. The molecule has 212 valence electrons. The average Bonchev–Trinajstić information content (AvgIpc) is 3.43. The number of Topliss-reactive ketones (excluding diaryl/α,β-unsaturated/α-hetero) is 1. The lowest BCUT2D eigenvalue weighted by atomic mass is 9.93. The summed E-state index contributed by atoms with van der Waals surface area (Å²) in [5, 5.41) is 10.9. The van der Waals surface area contributed by atoms with Gasteiger partial charge in [-0.2, -0.15) is 0 Å². The molecule has 2 fully saturated rings. The van der Waals surface area contributed by atoms with E-state index in [0.29, 0.717) is 19.3 Å². The van der Waals surface area contributed by atoms with Crippen LogP contribution in [0.1, 0.15) is 70.2 Å². The molecular formula is C28H36N2O9. The van der Waals surface area contributed by atoms with E-state index >= 15 is 0 Å². The molecule has 0 spiro atoms. The summed E-state index contributed by atoms with van der Waals surface area (Å²) in [6.07, 6.45) is 2.02. The molecule has 1 aliphatic heterocycles. The van der Waals surface area contributed by atoms with E-state index in [4.69, 9.17) is 14.2 Å². The zero-order chi connectivity index (χ0) is 29.0. The molecule has 1 aliphatic carbocycles. The summed E-state index contributed by atoms with van der Waals surface area (Å²) in [5.74, 6) is -1.20. The van der Waals surface area contributed by atoms with Gasteiger partial charge in [0.05, 0.1) is 35.1 Å². The largest absolute Gasteiger partial charge is 0.466 e. The third-order valence-electron chi connectivity index (χ3n) is 7.00. The number of nitrogens with zero attached hydrogens (tertiary/aromatic N) is 2. The predicted molar refractivity (Wildman–Crippen MR) is 140 cm³/mol. The van der Waals surface area contributed by atoms with Gasteiger partial charge in [0.15, 0.2) is 5.78 Å². The monoisotopic (exact) mass is 544 g/mol. The molecule has 11 heteroatoms. The highest BCUT2D eigenvalue weighted by Crippen LogP contribution is 2.57. The molecule has 0 radical (unpaired) electrons. The number of non-ortho nitro benzene ring substituents is 1. The fourth-order valence-electron chi connectivity index (χ4n) is 4.94. The Morgan fingerprint density at radius 3 is 2.41 bits per heavy atom. The number of carbonyl (C=O) groups is 4. The number of hydrogen-bond donors (Lipinski definition) is 0. The number of carbonyl (C=O) groups excluding carboxylic acids is 4. The summed E-state index contributed by atoms with van der Waals surface area (Å²) < 4.78 is 16.3. The number of benzene rings is 1. The maximum atomic E-state index is 13.3. The number of hydrogen-bond acceptors (Lipinski definition) is 9. The standard InChI is InChI=1S/C28H36N2O9/c1-6-19-16-28(19,25(33)37-7-2)14-8-9-23(31)22-15-21(17-29(22)26(34)39-27(3,4)5)38-24(32)18-10-12-20(13-11-18)30(35)36/h6,10-13,19,21-22H,1,7-9,14-17H2,2-5H3/t19-,21+,22+,28+/m1/s1. The minimum atomic E-state index is -0.859. The van der Waals surface area contributed by atoms with Gasteiger partial charge in [-0.25, -0.2) is 9.59 Å². The van der Waals surface area contributed by atoms with Crippen molar-refractivity contribution in [2.75, 3.05) is 13.2 Å². The summed E-state index contributed by atoms with van der Waals surface area (Å²) >= 11 is 0. The Bertz CT molecular complexity index is 1120. The molecule has 0 unspecified atom stereocenters. The highest BCUT2D eigenvalue weighted by atomic mass is 16.6. The Labute approximate surface area is 227 Å². The Kier molecular flexibility index (Phi) is 9.14. The molecule has 1 aromatic carbocycles. The molecule has 1 aromatic rings. The number of allylic oxidation sites excluding steroid dienone is 1. The van der Waals surface area contributed by atoms with E-state index in [9.17, 15) is 29.3 Å². The SMILES string of the molecule is C=C[C@@H]1C[C@]1(CCCC(=O)[C@@H]1C[C@H](OC(=O)c2ccc([N+](=O)[O-])cc2)CN1C(=O)OC(C)(C)C)C(=O)OCC. The Balaban J connectivity index is 1.67. The minimum Gasteiger partial charge on any atom is -0.466 e. The van der Waals surface area contributed by atoms with Gasteiger partial charge in [0, 0.05) is 25.0 Å². The van der Waals surface area contributed by atoms with Crippen LogP contribution >= 0.6 is 0 Å². The number of amides is 1. The van der Waals surface area contributed by atoms with Gasteiger partial charge < -0.3 is 14.2 Å². The van der Waals surface area contributed by atoms with Crippen LogP contribution in [0.25, 0.3) is 0 Å². The van der Waals surface area contributed by atoms with Crippen LogP contribution in [0.2, 0.25) is 0 Å². The first-order chi connectivity index (χ1) is 18.3. The van der Waals surface area contributed by atoms with E-state index in [0.717, 1.165) is 0 Å². The maximum Gasteiger partial charge on any atom is 0.411 e. The van der Waals surface area contributed by atoms with E-state index in [1.54, 1.807) is 33.8 Å². The van der Waals surface area contributed by atoms with Crippen LogP contribution < -0.4 is 0 Å². The summed E-state index contributed by atoms with van der Waals surface area (Å²) in [6, 6.07) is 4.12. The van der Waals surface area contributed by atoms with Crippen molar-refractivity contribution in [3.8, 4) is 0 Å². The summed E-state index contributed by atoms with van der Waals surface area (Å²) in [4.78, 5) is 63.0. The molecule has 1 amide bonds. The summed E-state index contributed by atoms with van der Waals surface area (Å²) in [7, 11) is 0. The van der Waals surface area contributed by atoms with Gasteiger partial charge in [-0.1, -0.05) is 6.08 Å². The predicted octanol–water partition coefficient (Wildman–Crippen LogP) is 4.62. The molecule has 39 heavy (non-hydrogen) atoms. The van der Waals surface area contributed by atoms with Gasteiger partial charge in [0.25, 0.3) is 5.69 Å². The van der Waals surface area contributed by atoms with E-state index in [-0.39, 0.29) is 54.9 Å². The van der Waals surface area contributed by atoms with Gasteiger partial charge in [-0.05, 0) is 65.0 Å². The van der Waals surface area contributed by atoms with E-state index in [1.807, 2.05) is 0 Å². The number of ether oxygens (including phenoxy) is 3. The first kappa shape index (κ1) is 29.8. The molecular weight excluding hydrogens is 508 g/mol. The Morgan fingerprint density at radius 1 is 1.21 bits per heavy atom. The quantitative estimate of drug-likeness (QED) is 0.128. The maximum absolute atomic E-state index is 13.3. The second-order valence-corrected chi connectivity index (χ2v) is 11.0. The number of esters is 2. The molecule has 4 atom stereocenters. The molecule has 0 aromatic heterocycles. The number of nitro benzene ring substituents is 1. The van der Waals surface area contributed by atoms with Crippen molar-refractivity contribution in [2.45, 2.75) is 77.5 Å². The first-order valence-corrected chi connectivity index (χ1v) is 13.1. The molecule has 3 rings (SSSR count). The van der Waals surface area contributed by atoms with Gasteiger partial charge in [0.1, 0.15) is 11.7 Å². The highest BCUT2D eigenvalue weighted by Gasteiger charge is 2.59. The van der Waals surface area contributed by atoms with Gasteiger partial charge in [0.2, 0.25) is 0 Å². The normalized spacial score (nSPS) is 24.0. The molecule has 1 saturated heterocycles. The number of ketones is 1. The van der Waals surface area contributed by atoms with Crippen LogP contribution in [0.5, 0.6) is 0 Å². The minimum absolute atomic E-state index is 0.0135. The number of rotatable bonds is 11. The second-order valence-electron chi connectivity index (χ2n) is 11.0. The van der Waals surface area contributed by atoms with Crippen LogP contribution in [0.3, 0.4) is 0 Å². The van der Waals surface area contributed by atoms with Crippen molar-refractivity contribution in [1.29, 1.82) is 0 Å². The Morgan fingerprint density at radius 2 is 1.87 bits per heavy atom. The van der Waals surface area contributed by atoms with Crippen molar-refractivity contribution in [2.24, 2.45) is 11.3 Å². The lowest BCUT2D eigenvalue weighted by molar-refractivity contribution is -0.384. The van der Waals surface area contributed by atoms with E-state index in [1.165, 1.54) is 29.2 Å². The average molecular weight is 545 g/mol. The van der Waals surface area contributed by atoms with Crippen molar-refractivity contribution in [1.82, 2.24) is 4.90 Å². The fourth-order valence-corrected chi connectivity index (χ4v) is 4.94. The topological polar surface area (TPSA) is 142 Å². The van der Waals surface area contributed by atoms with E-state index < -0.39 is 40.1 Å². The van der Waals surface area contributed by atoms with Crippen LogP contribution in [0, 0.1) is 21.4 Å². The van der Waals surface area contributed by atoms with Crippen LogP contribution in [0.15, 0.2) is 36.9 Å². The number of nitro groups is 1. The third-order valence-corrected chi connectivity index (χ3v) is 7.00. The molecule has 11 nitrogen and oxygen atoms in total. The van der Waals surface area contributed by atoms with Gasteiger partial charge >= 0.3 is 18.0 Å². The van der Waals surface area contributed by atoms with Crippen LogP contribution in [0.4, 0.5) is 10.5 Å². The third kappa shape index (κ3) is 7.21. The van der Waals surface area contributed by atoms with Gasteiger partial charge in [-0.3, -0.25) is 24.6 Å². The Hall–Kier alpha value is -3.76. The summed E-state index contributed by atoms with van der Waals surface area (Å²) in [5.41, 5.74) is -1.49. The summed E-state index contributed by atoms with van der Waals surface area (Å²) in [6.45, 7) is 10.9. The lowest BCUT2D eigenvalue weighted by Gasteiger charge is -2.27. The van der Waals surface area contributed by atoms with Crippen LogP contribution in [-0.4, -0.2) is 64.5 Å². The second kappa shape index (κ2) is 12.0. The van der Waals surface area contributed by atoms with Crippen molar-refractivity contribution < 1.29 is 38.3 Å². The first-order valence-electron chi connectivity index (χ1n) is 13.1. The molecule has 2 aliphatic rings. The van der Waals surface area contributed by atoms with E-state index in [2.05, 4.69) is 6.58 Å². The fraction of sp³-hybridized carbons (Fsp3) is 0.571. The molecule has 1 heterocycles.